The summed E-state index contributed by atoms with van der Waals surface area (Å²) in [5, 5.41) is 14.2. The van der Waals surface area contributed by atoms with Crippen LogP contribution in [0.3, 0.4) is 0 Å². The fourth-order valence-corrected chi connectivity index (χ4v) is 3.07. The predicted octanol–water partition coefficient (Wildman–Crippen LogP) is 2.46. The van der Waals surface area contributed by atoms with Crippen LogP contribution in [0.2, 0.25) is 0 Å². The van der Waals surface area contributed by atoms with Crippen molar-refractivity contribution in [3.8, 4) is 17.3 Å². The van der Waals surface area contributed by atoms with Crippen molar-refractivity contribution in [2.24, 2.45) is 0 Å². The normalized spacial score (nSPS) is 15.2. The standard InChI is InChI=1S/C16H17N5OS/c1-20-6-8-21(9-7-20)16(22)19-15-18-14(11-23-15)13-4-2-12(10-17)3-5-13/h2-5,11H,6-9H2,1H3,(H,18,19,22). The fraction of sp³-hybridized carbons (Fsp3) is 0.312. The Bertz CT molecular complexity index is 726. The van der Waals surface area contributed by atoms with Gasteiger partial charge in [-0.25, -0.2) is 9.78 Å². The first kappa shape index (κ1) is 15.5. The van der Waals surface area contributed by atoms with E-state index in [2.05, 4.69) is 28.3 Å². The highest BCUT2D eigenvalue weighted by Gasteiger charge is 2.19. The van der Waals surface area contributed by atoms with Gasteiger partial charge in [-0.15, -0.1) is 11.3 Å². The van der Waals surface area contributed by atoms with Gasteiger partial charge in [-0.3, -0.25) is 5.32 Å². The summed E-state index contributed by atoms with van der Waals surface area (Å²) in [7, 11) is 2.06. The Kier molecular flexibility index (Phi) is 4.55. The lowest BCUT2D eigenvalue weighted by atomic mass is 10.1. The molecule has 23 heavy (non-hydrogen) atoms. The zero-order chi connectivity index (χ0) is 16.2. The number of hydrogen-bond donors (Lipinski definition) is 1. The van der Waals surface area contributed by atoms with E-state index in [1.807, 2.05) is 22.4 Å². The quantitative estimate of drug-likeness (QED) is 0.919. The smallest absolute Gasteiger partial charge is 0.322 e. The van der Waals surface area contributed by atoms with E-state index in [0.29, 0.717) is 10.7 Å². The van der Waals surface area contributed by atoms with Gasteiger partial charge in [-0.2, -0.15) is 5.26 Å². The number of hydrogen-bond acceptors (Lipinski definition) is 5. The molecule has 0 unspecified atom stereocenters. The first-order valence-electron chi connectivity index (χ1n) is 7.36. The number of urea groups is 1. The molecule has 0 atom stereocenters. The Labute approximate surface area is 139 Å². The van der Waals surface area contributed by atoms with Gasteiger partial charge in [-0.1, -0.05) is 12.1 Å². The Morgan fingerprint density at radius 2 is 1.96 bits per heavy atom. The van der Waals surface area contributed by atoms with E-state index in [-0.39, 0.29) is 6.03 Å². The van der Waals surface area contributed by atoms with Crippen LogP contribution < -0.4 is 5.32 Å². The number of anilines is 1. The molecule has 0 spiro atoms. The van der Waals surface area contributed by atoms with Crippen LogP contribution in [-0.4, -0.2) is 54.0 Å². The number of rotatable bonds is 2. The summed E-state index contributed by atoms with van der Waals surface area (Å²) in [6, 6.07) is 9.24. The van der Waals surface area contributed by atoms with E-state index < -0.39 is 0 Å². The monoisotopic (exact) mass is 327 g/mol. The number of thiazole rings is 1. The zero-order valence-corrected chi connectivity index (χ0v) is 13.6. The maximum atomic E-state index is 12.2. The van der Waals surface area contributed by atoms with Gasteiger partial charge < -0.3 is 9.80 Å². The van der Waals surface area contributed by atoms with Gasteiger partial charge in [0.1, 0.15) is 0 Å². The van der Waals surface area contributed by atoms with Crippen LogP contribution in [0, 0.1) is 11.3 Å². The number of benzene rings is 1. The number of nitriles is 1. The molecule has 6 nitrogen and oxygen atoms in total. The molecular weight excluding hydrogens is 310 g/mol. The van der Waals surface area contributed by atoms with Gasteiger partial charge in [-0.05, 0) is 19.2 Å². The topological polar surface area (TPSA) is 72.3 Å². The highest BCUT2D eigenvalue weighted by molar-refractivity contribution is 7.14. The largest absolute Gasteiger partial charge is 0.323 e. The summed E-state index contributed by atoms with van der Waals surface area (Å²) < 4.78 is 0. The van der Waals surface area contributed by atoms with Gasteiger partial charge in [0.2, 0.25) is 0 Å². The lowest BCUT2D eigenvalue weighted by molar-refractivity contribution is 0.164. The molecule has 7 heteroatoms. The highest BCUT2D eigenvalue weighted by Crippen LogP contribution is 2.25. The molecule has 1 aliphatic rings. The summed E-state index contributed by atoms with van der Waals surface area (Å²) in [4.78, 5) is 20.7. The van der Waals surface area contributed by atoms with E-state index in [1.165, 1.54) is 11.3 Å². The Morgan fingerprint density at radius 3 is 2.61 bits per heavy atom. The summed E-state index contributed by atoms with van der Waals surface area (Å²) in [6.07, 6.45) is 0. The third-order valence-corrected chi connectivity index (χ3v) is 4.58. The van der Waals surface area contributed by atoms with Crippen molar-refractivity contribution in [3.05, 3.63) is 35.2 Å². The minimum Gasteiger partial charge on any atom is -0.322 e. The average molecular weight is 327 g/mol. The predicted molar refractivity (Wildman–Crippen MR) is 90.4 cm³/mol. The maximum absolute atomic E-state index is 12.2. The fourth-order valence-electron chi connectivity index (χ4n) is 2.36. The molecule has 0 aliphatic carbocycles. The van der Waals surface area contributed by atoms with Gasteiger partial charge in [0.05, 0.1) is 17.3 Å². The SMILES string of the molecule is CN1CCN(C(=O)Nc2nc(-c3ccc(C#N)cc3)cs2)CC1. The van der Waals surface area contributed by atoms with Crippen molar-refractivity contribution in [2.75, 3.05) is 38.5 Å². The number of carbonyl (C=O) groups excluding carboxylic acids is 1. The molecule has 3 rings (SSSR count). The first-order valence-corrected chi connectivity index (χ1v) is 8.24. The number of amides is 2. The van der Waals surface area contributed by atoms with Gasteiger partial charge in [0.25, 0.3) is 0 Å². The molecule has 1 aromatic carbocycles. The van der Waals surface area contributed by atoms with E-state index in [1.54, 1.807) is 12.1 Å². The summed E-state index contributed by atoms with van der Waals surface area (Å²) in [5.41, 5.74) is 2.35. The zero-order valence-electron chi connectivity index (χ0n) is 12.8. The van der Waals surface area contributed by atoms with Crippen molar-refractivity contribution in [1.29, 1.82) is 5.26 Å². The van der Waals surface area contributed by atoms with Crippen molar-refractivity contribution in [2.45, 2.75) is 0 Å². The molecule has 2 heterocycles. The third kappa shape index (κ3) is 3.67. The Balaban J connectivity index is 1.65. The molecule has 2 aromatic rings. The molecule has 2 amide bonds. The number of nitrogens with zero attached hydrogens (tertiary/aromatic N) is 4. The van der Waals surface area contributed by atoms with Crippen LogP contribution in [0.5, 0.6) is 0 Å². The molecule has 0 radical (unpaired) electrons. The van der Waals surface area contributed by atoms with Gasteiger partial charge in [0, 0.05) is 37.1 Å². The molecular formula is C16H17N5OS. The molecule has 1 aromatic heterocycles. The van der Waals surface area contributed by atoms with E-state index in [4.69, 9.17) is 5.26 Å². The van der Waals surface area contributed by atoms with Crippen LogP contribution in [0.1, 0.15) is 5.56 Å². The third-order valence-electron chi connectivity index (χ3n) is 3.82. The Morgan fingerprint density at radius 1 is 1.26 bits per heavy atom. The number of carbonyl (C=O) groups is 1. The second kappa shape index (κ2) is 6.77. The number of piperazine rings is 1. The molecule has 1 fully saturated rings. The van der Waals surface area contributed by atoms with Crippen molar-refractivity contribution in [3.63, 3.8) is 0 Å². The number of likely N-dealkylation sites (N-methyl/N-ethyl adjacent to an activating group) is 1. The second-order valence-electron chi connectivity index (χ2n) is 5.45. The van der Waals surface area contributed by atoms with Crippen LogP contribution in [-0.2, 0) is 0 Å². The van der Waals surface area contributed by atoms with Gasteiger partial charge in [0.15, 0.2) is 5.13 Å². The lowest BCUT2D eigenvalue weighted by Crippen LogP contribution is -2.48. The molecule has 1 saturated heterocycles. The van der Waals surface area contributed by atoms with Crippen molar-refractivity contribution < 1.29 is 4.79 Å². The lowest BCUT2D eigenvalue weighted by Gasteiger charge is -2.32. The molecule has 0 saturated carbocycles. The van der Waals surface area contributed by atoms with Gasteiger partial charge >= 0.3 is 6.03 Å². The summed E-state index contributed by atoms with van der Waals surface area (Å²) >= 11 is 1.40. The van der Waals surface area contributed by atoms with Crippen LogP contribution in [0.25, 0.3) is 11.3 Å². The van der Waals surface area contributed by atoms with Crippen LogP contribution in [0.4, 0.5) is 9.93 Å². The highest BCUT2D eigenvalue weighted by atomic mass is 32.1. The van der Waals surface area contributed by atoms with Crippen molar-refractivity contribution >= 4 is 22.5 Å². The average Bonchev–Trinajstić information content (AvgIpc) is 3.04. The molecule has 0 bridgehead atoms. The van der Waals surface area contributed by atoms with E-state index >= 15 is 0 Å². The van der Waals surface area contributed by atoms with Crippen LogP contribution in [0.15, 0.2) is 29.6 Å². The second-order valence-corrected chi connectivity index (χ2v) is 6.31. The van der Waals surface area contributed by atoms with Crippen molar-refractivity contribution in [1.82, 2.24) is 14.8 Å². The minimum atomic E-state index is -0.0983. The Hall–Kier alpha value is -2.43. The number of aromatic nitrogens is 1. The minimum absolute atomic E-state index is 0.0983. The summed E-state index contributed by atoms with van der Waals surface area (Å²) in [5.74, 6) is 0. The molecule has 1 N–H and O–H groups in total. The maximum Gasteiger partial charge on any atom is 0.323 e. The summed E-state index contributed by atoms with van der Waals surface area (Å²) in [6.45, 7) is 3.25. The van der Waals surface area contributed by atoms with Crippen LogP contribution >= 0.6 is 11.3 Å². The number of nitrogens with one attached hydrogen (secondary N) is 1. The first-order chi connectivity index (χ1) is 11.2. The molecule has 1 aliphatic heterocycles. The molecule has 118 valence electrons. The van der Waals surface area contributed by atoms with E-state index in [9.17, 15) is 4.79 Å². The van der Waals surface area contributed by atoms with E-state index in [0.717, 1.165) is 37.4 Å².